The van der Waals surface area contributed by atoms with Gasteiger partial charge in [0, 0.05) is 43.0 Å². The van der Waals surface area contributed by atoms with E-state index in [0.717, 1.165) is 24.2 Å². The highest BCUT2D eigenvalue weighted by molar-refractivity contribution is 5.80. The minimum Gasteiger partial charge on any atom is -0.481 e. The number of hydrogen-bond acceptors (Lipinski definition) is 29. The van der Waals surface area contributed by atoms with Crippen LogP contribution in [-0.2, 0) is 80.0 Å². The largest absolute Gasteiger partial charge is 0.481 e. The highest BCUT2D eigenvalue weighted by Gasteiger charge is 2.17. The zero-order valence-corrected chi connectivity index (χ0v) is 53.4. The number of hydrogen-bond donors (Lipinski definition) is 29. The molecule has 95 heavy (non-hydrogen) atoms. The van der Waals surface area contributed by atoms with Crippen molar-refractivity contribution >= 4 is 83.5 Å². The molecule has 0 aliphatic rings. The smallest absolute Gasteiger partial charge is 0.321 e. The molecule has 9 atom stereocenters. The lowest BCUT2D eigenvalue weighted by atomic mass is 10.1. The summed E-state index contributed by atoms with van der Waals surface area (Å²) >= 11 is 0. The van der Waals surface area contributed by atoms with Crippen LogP contribution in [0.3, 0.4) is 0 Å². The van der Waals surface area contributed by atoms with Crippen LogP contribution in [0.25, 0.3) is 0 Å². The van der Waals surface area contributed by atoms with Crippen molar-refractivity contribution in [2.24, 2.45) is 92.1 Å². The number of nitrogens with two attached hydrogens (primary N) is 14. The number of carboxylic acid groups (broad SMARTS) is 13. The Morgan fingerprint density at radius 2 is 0.684 bits per heavy atom. The molecule has 554 valence electrons. The number of aromatic nitrogens is 4. The molecule has 43 N–H and O–H groups in total. The lowest BCUT2D eigenvalue weighted by molar-refractivity contribution is -0.144. The number of unbranched alkanes of at least 4 members (excludes halogenated alkanes) is 1. The topological polar surface area (TPSA) is 924 Å². The number of rotatable bonds is 28. The first-order valence-corrected chi connectivity index (χ1v) is 27.1. The molecule has 0 spiro atoms. The fourth-order valence-electron chi connectivity index (χ4n) is 3.66. The first-order chi connectivity index (χ1) is 43.3. The van der Waals surface area contributed by atoms with Crippen LogP contribution in [-0.4, -0.2) is 250 Å². The van der Waals surface area contributed by atoms with Crippen molar-refractivity contribution in [3.8, 4) is 0 Å². The van der Waals surface area contributed by atoms with E-state index < -0.39 is 144 Å². The molecule has 0 aliphatic carbocycles. The van der Waals surface area contributed by atoms with Crippen molar-refractivity contribution in [1.82, 2.24) is 19.9 Å². The lowest BCUT2D eigenvalue weighted by Crippen LogP contribution is -2.34. The van der Waals surface area contributed by atoms with Crippen LogP contribution in [0.15, 0.2) is 25.0 Å². The molecule has 1 amide bonds. The van der Waals surface area contributed by atoms with Gasteiger partial charge in [0.15, 0.2) is 0 Å². The highest BCUT2D eigenvalue weighted by atomic mass is 16.4. The number of carboxylic acids is 13. The van der Waals surface area contributed by atoms with Crippen LogP contribution >= 0.6 is 0 Å². The Balaban J connectivity index is -0.000000105. The zero-order valence-electron chi connectivity index (χ0n) is 53.4. The molecule has 2 aromatic heterocycles. The van der Waals surface area contributed by atoms with Gasteiger partial charge in [0.25, 0.3) is 0 Å². The van der Waals surface area contributed by atoms with Gasteiger partial charge < -0.3 is 157 Å². The number of carbonyl (C=O) groups excluding carboxylic acids is 1. The average Bonchev–Trinajstić information content (AvgIpc) is 2.45. The van der Waals surface area contributed by atoms with Gasteiger partial charge in [0.2, 0.25) is 5.91 Å². The second-order valence-electron chi connectivity index (χ2n) is 18.9. The predicted octanol–water partition coefficient (Wildman–Crippen LogP) is -7.78. The molecule has 0 fully saturated rings. The molecule has 45 heteroatoms. The summed E-state index contributed by atoms with van der Waals surface area (Å²) in [7, 11) is 0. The van der Waals surface area contributed by atoms with E-state index in [1.54, 1.807) is 26.2 Å². The van der Waals surface area contributed by atoms with E-state index in [0.29, 0.717) is 25.3 Å². The normalized spacial score (nSPS) is 12.2. The minimum atomic E-state index is -1.29. The molecule has 2 aromatic rings. The van der Waals surface area contributed by atoms with Gasteiger partial charge in [-0.05, 0) is 57.9 Å². The quantitative estimate of drug-likeness (QED) is 0.0352. The number of aliphatic carboxylic acids is 13. The Labute approximate surface area is 544 Å². The average molecular weight is 1390 g/mol. The van der Waals surface area contributed by atoms with E-state index in [-0.39, 0.29) is 51.2 Å². The number of primary amides is 1. The van der Waals surface area contributed by atoms with Crippen molar-refractivity contribution in [1.29, 1.82) is 0 Å². The summed E-state index contributed by atoms with van der Waals surface area (Å²) in [6.07, 6.45) is 8.98. The van der Waals surface area contributed by atoms with Gasteiger partial charge in [-0.25, -0.2) is 9.97 Å². The van der Waals surface area contributed by atoms with Crippen molar-refractivity contribution < 1.29 is 134 Å². The number of nitrogens with zero attached hydrogens (tertiary/aromatic N) is 2. The van der Waals surface area contributed by atoms with Crippen molar-refractivity contribution in [2.45, 2.75) is 154 Å². The molecule has 0 saturated carbocycles. The molecule has 0 aliphatic heterocycles. The van der Waals surface area contributed by atoms with E-state index in [2.05, 4.69) is 37.1 Å². The molecule has 45 nitrogen and oxygen atoms in total. The summed E-state index contributed by atoms with van der Waals surface area (Å²) < 4.78 is 0. The molecular formula is C50H102N18O27. The van der Waals surface area contributed by atoms with E-state index >= 15 is 0 Å². The number of carbonyl (C=O) groups is 14. The maximum atomic E-state index is 10.3. The minimum absolute atomic E-state index is 0.0208. The SMILES string of the molecule is CC(C)C[C@H](N)C(=O)O.CC(C)[C@H](N)C(=O)O.C[C@H](N)C(=O)O.C[C@H](N)C(=O)O.NC(=O)CC[C@H](N)C(=O)O.NCC(=O)O.NCC(=O)O.NCC(=O)O.NCCCC[C@H](N)C(=O)O.N[C@@H](CC(=O)O)C(=O)O.N[C@@H](Cc1cnc[nH]1)C(=O)O.N[C@@H](Cc1cnc[nH]1)C(=O)O. The Morgan fingerprint density at radius 3 is 0.832 bits per heavy atom. The first kappa shape index (κ1) is 107. The van der Waals surface area contributed by atoms with Gasteiger partial charge in [0.1, 0.15) is 54.4 Å². The van der Waals surface area contributed by atoms with Crippen LogP contribution < -0.4 is 80.3 Å². The van der Waals surface area contributed by atoms with Gasteiger partial charge in [-0.1, -0.05) is 34.1 Å². The Hall–Kier alpha value is -9.52. The zero-order chi connectivity index (χ0) is 77.4. The third-order valence-corrected chi connectivity index (χ3v) is 8.99. The van der Waals surface area contributed by atoms with E-state index in [1.165, 1.54) is 26.5 Å². The third kappa shape index (κ3) is 98.3. The van der Waals surface area contributed by atoms with Gasteiger partial charge in [-0.15, -0.1) is 0 Å². The monoisotopic (exact) mass is 1390 g/mol. The second kappa shape index (κ2) is 68.8. The molecule has 0 aromatic carbocycles. The Morgan fingerprint density at radius 1 is 0.400 bits per heavy atom. The number of aromatic amines is 2. The molecule has 2 rings (SSSR count). The van der Waals surface area contributed by atoms with Gasteiger partial charge >= 0.3 is 77.6 Å². The van der Waals surface area contributed by atoms with Crippen molar-refractivity contribution in [3.63, 3.8) is 0 Å². The summed E-state index contributed by atoms with van der Waals surface area (Å²) in [6, 6.07) is -7.55. The summed E-state index contributed by atoms with van der Waals surface area (Å²) in [5, 5.41) is 104. The fourth-order valence-corrected chi connectivity index (χ4v) is 3.66. The van der Waals surface area contributed by atoms with Crippen molar-refractivity contribution in [3.05, 3.63) is 36.4 Å². The molecule has 0 saturated heterocycles. The van der Waals surface area contributed by atoms with Crippen LogP contribution in [0.1, 0.15) is 97.9 Å². The Kier molecular flexibility index (Phi) is 77.6. The molecular weight excluding hydrogens is 1280 g/mol. The van der Waals surface area contributed by atoms with Crippen LogP contribution in [0, 0.1) is 11.8 Å². The number of H-pyrrole nitrogens is 2. The van der Waals surface area contributed by atoms with E-state index in [9.17, 15) is 67.1 Å². The highest BCUT2D eigenvalue weighted by Crippen LogP contribution is 2.02. The maximum Gasteiger partial charge on any atom is 0.321 e. The first-order valence-electron chi connectivity index (χ1n) is 27.1. The molecule has 0 bridgehead atoms. The van der Waals surface area contributed by atoms with E-state index in [1.807, 2.05) is 13.8 Å². The van der Waals surface area contributed by atoms with E-state index in [4.69, 9.17) is 129 Å². The predicted molar refractivity (Wildman–Crippen MR) is 334 cm³/mol. The van der Waals surface area contributed by atoms with Gasteiger partial charge in [-0.2, -0.15) is 0 Å². The molecule has 0 unspecified atom stereocenters. The van der Waals surface area contributed by atoms with Crippen molar-refractivity contribution in [2.75, 3.05) is 26.2 Å². The number of amides is 1. The van der Waals surface area contributed by atoms with Gasteiger partial charge in [-0.3, -0.25) is 67.1 Å². The van der Waals surface area contributed by atoms with Crippen LogP contribution in [0.5, 0.6) is 0 Å². The van der Waals surface area contributed by atoms with Gasteiger partial charge in [0.05, 0.1) is 38.7 Å². The summed E-state index contributed by atoms with van der Waals surface area (Å²) in [5.41, 5.74) is 70.8. The summed E-state index contributed by atoms with van der Waals surface area (Å²) in [5.74, 6) is -13.4. The fraction of sp³-hybridized carbons (Fsp3) is 0.600. The summed E-state index contributed by atoms with van der Waals surface area (Å²) in [4.78, 5) is 150. The molecule has 0 radical (unpaired) electrons. The third-order valence-electron chi connectivity index (χ3n) is 8.99. The molecule has 2 heterocycles. The summed E-state index contributed by atoms with van der Waals surface area (Å²) in [6.45, 7) is 10.1. The standard InChI is InChI=1S/2C6H9N3O2.C6H14N2O2.C6H13NO2.C5H10N2O3.C5H11NO2.C4H7NO4.2C3H7NO2.3C2H5NO2/c2*7-5(6(10)11)1-4-2-8-3-9-4;7-4-2-1-3-5(8)6(9)10;1-4(2)3-5(7)6(8)9;6-3(5(9)10)1-2-4(7)8;1-3(2)4(6)5(7)8;5-2(4(8)9)1-3(6)7;2*1-2(4)3(5)6;3*3-1-2(4)5/h2*2-3,5H,1,7H2,(H,8,9)(H,10,11);5H,1-4,7-8H2,(H,9,10);4-5H,3,7H2,1-2H3,(H,8,9);3H,1-2,6H2,(H2,7,8)(H,9,10);3-4H,6H2,1-2H3,(H,7,8);2H,1,5H2,(H,6,7)(H,8,9);2*2H,4H2,1H3,(H,5,6);3*1,3H2,(H,4,5)/t4*5-;3-;4-;3*2-;;;/m000000000.../s1. The van der Waals surface area contributed by atoms with Crippen LogP contribution in [0.4, 0.5) is 0 Å². The Bertz CT molecular complexity index is 2300. The second-order valence-corrected chi connectivity index (χ2v) is 18.9. The van der Waals surface area contributed by atoms with Crippen LogP contribution in [0.2, 0.25) is 0 Å². The lowest BCUT2D eigenvalue weighted by Gasteiger charge is -2.07. The number of nitrogens with one attached hydrogen (secondary N) is 2. The maximum absolute atomic E-state index is 10.3. The number of imidazole rings is 2.